The predicted octanol–water partition coefficient (Wildman–Crippen LogP) is 4.66. The largest absolute Gasteiger partial charge is 0.306 e. The van der Waals surface area contributed by atoms with E-state index >= 15 is 0 Å². The lowest BCUT2D eigenvalue weighted by molar-refractivity contribution is 0.162. The maximum absolute atomic E-state index is 4.97. The van der Waals surface area contributed by atoms with E-state index in [-0.39, 0.29) is 5.54 Å². The van der Waals surface area contributed by atoms with Gasteiger partial charge < -0.3 is 5.32 Å². The van der Waals surface area contributed by atoms with Crippen LogP contribution in [0.2, 0.25) is 0 Å². The van der Waals surface area contributed by atoms with Crippen LogP contribution in [0.4, 0.5) is 0 Å². The highest BCUT2D eigenvalue weighted by Gasteiger charge is 2.39. The van der Waals surface area contributed by atoms with E-state index in [9.17, 15) is 0 Å². The molecule has 114 valence electrons. The van der Waals surface area contributed by atoms with E-state index in [0.29, 0.717) is 0 Å². The lowest BCUT2D eigenvalue weighted by atomic mass is 9.73. The Hall–Kier alpha value is -0.410. The first kappa shape index (κ1) is 16.0. The summed E-state index contributed by atoms with van der Waals surface area (Å²) in [6, 6.07) is 0. The zero-order chi connectivity index (χ0) is 14.8. The first-order valence-corrected chi connectivity index (χ1v) is 9.05. The zero-order valence-corrected chi connectivity index (χ0v) is 14.6. The Morgan fingerprint density at radius 2 is 1.95 bits per heavy atom. The second kappa shape index (κ2) is 6.57. The number of aryl methyl sites for hydroxylation is 2. The molecule has 3 heteroatoms. The molecule has 0 amide bonds. The number of thiazole rings is 1. The van der Waals surface area contributed by atoms with E-state index in [1.807, 2.05) is 11.3 Å². The smallest absolute Gasteiger partial charge is 0.113 e. The molecule has 0 radical (unpaired) electrons. The predicted molar refractivity (Wildman–Crippen MR) is 88.4 cm³/mol. The average molecular weight is 295 g/mol. The number of rotatable bonds is 5. The lowest BCUT2D eigenvalue weighted by Crippen LogP contribution is -2.45. The Morgan fingerprint density at radius 3 is 2.40 bits per heavy atom. The van der Waals surface area contributed by atoms with E-state index in [1.54, 1.807) is 0 Å². The first-order valence-electron chi connectivity index (χ1n) is 8.24. The molecule has 1 fully saturated rings. The molecule has 0 atom stereocenters. The molecule has 1 aliphatic rings. The Kier molecular flexibility index (Phi) is 5.25. The third-order valence-electron chi connectivity index (χ3n) is 4.98. The highest BCUT2D eigenvalue weighted by atomic mass is 32.1. The van der Waals surface area contributed by atoms with Gasteiger partial charge in [0.05, 0.1) is 11.2 Å². The van der Waals surface area contributed by atoms with Crippen molar-refractivity contribution in [3.8, 4) is 0 Å². The van der Waals surface area contributed by atoms with Crippen molar-refractivity contribution in [2.75, 3.05) is 6.54 Å². The van der Waals surface area contributed by atoms with Crippen LogP contribution in [0.1, 0.15) is 69.0 Å². The molecule has 0 unspecified atom stereocenters. The summed E-state index contributed by atoms with van der Waals surface area (Å²) in [4.78, 5) is 6.38. The molecule has 20 heavy (non-hydrogen) atoms. The van der Waals surface area contributed by atoms with Gasteiger partial charge in [0.1, 0.15) is 5.01 Å². The number of nitrogens with one attached hydrogen (secondary N) is 1. The summed E-state index contributed by atoms with van der Waals surface area (Å²) in [5, 5.41) is 5.13. The van der Waals surface area contributed by atoms with Gasteiger partial charge >= 0.3 is 0 Å². The Labute approximate surface area is 128 Å². The van der Waals surface area contributed by atoms with Gasteiger partial charge in [0.2, 0.25) is 0 Å². The molecule has 2 nitrogen and oxygen atoms in total. The van der Waals surface area contributed by atoms with Gasteiger partial charge in [-0.25, -0.2) is 4.98 Å². The van der Waals surface area contributed by atoms with Gasteiger partial charge in [-0.15, -0.1) is 11.3 Å². The van der Waals surface area contributed by atoms with Gasteiger partial charge in [0, 0.05) is 4.88 Å². The van der Waals surface area contributed by atoms with Crippen LogP contribution in [0.25, 0.3) is 0 Å². The molecule has 2 rings (SSSR count). The molecule has 1 heterocycles. The lowest BCUT2D eigenvalue weighted by Gasteiger charge is -2.40. The zero-order valence-electron chi connectivity index (χ0n) is 13.8. The quantitative estimate of drug-likeness (QED) is 0.854. The van der Waals surface area contributed by atoms with Crippen LogP contribution >= 0.6 is 11.3 Å². The van der Waals surface area contributed by atoms with Crippen molar-refractivity contribution in [2.24, 2.45) is 11.8 Å². The van der Waals surface area contributed by atoms with Gasteiger partial charge in [-0.05, 0) is 57.4 Å². The molecular weight excluding hydrogens is 264 g/mol. The molecular formula is C17H30N2S. The third kappa shape index (κ3) is 3.09. The van der Waals surface area contributed by atoms with Crippen molar-refractivity contribution in [1.82, 2.24) is 10.3 Å². The van der Waals surface area contributed by atoms with Gasteiger partial charge in [-0.2, -0.15) is 0 Å². The maximum atomic E-state index is 4.97. The molecule has 0 spiro atoms. The van der Waals surface area contributed by atoms with Crippen molar-refractivity contribution >= 4 is 11.3 Å². The maximum Gasteiger partial charge on any atom is 0.113 e. The standard InChI is InChI=1S/C17H30N2S/c1-6-15-13(5)20-16(19-15)17(18-7-2)10-8-14(9-11-17)12(3)4/h12,14,18H,6-11H2,1-5H3. The highest BCUT2D eigenvalue weighted by Crippen LogP contribution is 2.43. The minimum absolute atomic E-state index is 0.156. The summed E-state index contributed by atoms with van der Waals surface area (Å²) < 4.78 is 0. The monoisotopic (exact) mass is 294 g/mol. The van der Waals surface area contributed by atoms with Crippen LogP contribution in [0.15, 0.2) is 0 Å². The minimum Gasteiger partial charge on any atom is -0.306 e. The van der Waals surface area contributed by atoms with E-state index < -0.39 is 0 Å². The Bertz CT molecular complexity index is 428. The SMILES string of the molecule is CCNC1(c2nc(CC)c(C)s2)CCC(C(C)C)CC1. The Morgan fingerprint density at radius 1 is 1.30 bits per heavy atom. The normalized spacial score (nSPS) is 27.2. The van der Waals surface area contributed by atoms with Crippen LogP contribution in [0.5, 0.6) is 0 Å². The minimum atomic E-state index is 0.156. The topological polar surface area (TPSA) is 24.9 Å². The summed E-state index contributed by atoms with van der Waals surface area (Å²) in [7, 11) is 0. The van der Waals surface area contributed by atoms with Crippen molar-refractivity contribution in [3.63, 3.8) is 0 Å². The van der Waals surface area contributed by atoms with Gasteiger partial charge in [-0.3, -0.25) is 0 Å². The van der Waals surface area contributed by atoms with Crippen molar-refractivity contribution < 1.29 is 0 Å². The Balaban J connectivity index is 2.22. The van der Waals surface area contributed by atoms with Gasteiger partial charge in [-0.1, -0.05) is 27.7 Å². The number of nitrogens with zero attached hydrogens (tertiary/aromatic N) is 1. The number of aromatic nitrogens is 1. The summed E-state index contributed by atoms with van der Waals surface area (Å²) >= 11 is 1.92. The van der Waals surface area contributed by atoms with Crippen LogP contribution in [-0.2, 0) is 12.0 Å². The summed E-state index contributed by atoms with van der Waals surface area (Å²) in [5.41, 5.74) is 1.46. The molecule has 1 aromatic heterocycles. The third-order valence-corrected chi connectivity index (χ3v) is 6.20. The summed E-state index contributed by atoms with van der Waals surface area (Å²) in [6.45, 7) is 12.4. The van der Waals surface area contributed by atoms with Crippen LogP contribution in [0, 0.1) is 18.8 Å². The molecule has 0 saturated heterocycles. The van der Waals surface area contributed by atoms with Gasteiger partial charge in [0.25, 0.3) is 0 Å². The molecule has 1 saturated carbocycles. The average Bonchev–Trinajstić information content (AvgIpc) is 2.81. The van der Waals surface area contributed by atoms with E-state index in [4.69, 9.17) is 4.98 Å². The van der Waals surface area contributed by atoms with E-state index in [0.717, 1.165) is 24.8 Å². The van der Waals surface area contributed by atoms with Crippen LogP contribution < -0.4 is 5.32 Å². The molecule has 1 aliphatic carbocycles. The van der Waals surface area contributed by atoms with Crippen LogP contribution in [0.3, 0.4) is 0 Å². The molecule has 1 N–H and O–H groups in total. The fourth-order valence-electron chi connectivity index (χ4n) is 3.56. The first-order chi connectivity index (χ1) is 9.52. The van der Waals surface area contributed by atoms with E-state index in [1.165, 1.54) is 41.3 Å². The fraction of sp³-hybridized carbons (Fsp3) is 0.824. The van der Waals surface area contributed by atoms with E-state index in [2.05, 4.69) is 39.9 Å². The second-order valence-corrected chi connectivity index (χ2v) is 7.77. The van der Waals surface area contributed by atoms with Crippen LogP contribution in [-0.4, -0.2) is 11.5 Å². The van der Waals surface area contributed by atoms with Gasteiger partial charge in [0.15, 0.2) is 0 Å². The van der Waals surface area contributed by atoms with Crippen molar-refractivity contribution in [1.29, 1.82) is 0 Å². The summed E-state index contributed by atoms with van der Waals surface area (Å²) in [6.07, 6.45) is 6.23. The summed E-state index contributed by atoms with van der Waals surface area (Å²) in [5.74, 6) is 1.72. The molecule has 0 bridgehead atoms. The second-order valence-electron chi connectivity index (χ2n) is 6.57. The van der Waals surface area contributed by atoms with Crippen molar-refractivity contribution in [3.05, 3.63) is 15.6 Å². The molecule has 1 aromatic rings. The molecule has 0 aliphatic heterocycles. The molecule has 0 aromatic carbocycles. The number of hydrogen-bond donors (Lipinski definition) is 1. The number of hydrogen-bond acceptors (Lipinski definition) is 3. The highest BCUT2D eigenvalue weighted by molar-refractivity contribution is 7.11. The fourth-order valence-corrected chi connectivity index (χ4v) is 4.79. The van der Waals surface area contributed by atoms with Crippen molar-refractivity contribution in [2.45, 2.75) is 72.3 Å².